The Morgan fingerprint density at radius 1 is 0.946 bits per heavy atom. The maximum Gasteiger partial charge on any atom is 0.573 e. The predicted octanol–water partition coefficient (Wildman–Crippen LogP) is 5.64. The fourth-order valence-corrected chi connectivity index (χ4v) is 3.27. The van der Waals surface area contributed by atoms with Gasteiger partial charge in [-0.2, -0.15) is 14.8 Å². The number of ether oxygens (including phenoxy) is 1. The largest absolute Gasteiger partial charge is 0.573 e. The Kier molecular flexibility index (Phi) is 6.95. The number of nitrogens with one attached hydrogen (secondary N) is 3. The van der Waals surface area contributed by atoms with Gasteiger partial charge in [-0.25, -0.2) is 5.53 Å². The van der Waals surface area contributed by atoms with E-state index in [2.05, 4.69) is 30.6 Å². The summed E-state index contributed by atoms with van der Waals surface area (Å²) in [5, 5.41) is 12.6. The van der Waals surface area contributed by atoms with E-state index in [1.165, 1.54) is 36.4 Å². The van der Waals surface area contributed by atoms with Crippen LogP contribution in [0.1, 0.15) is 26.3 Å². The minimum absolute atomic E-state index is 0.108. The lowest BCUT2D eigenvalue weighted by Crippen LogP contribution is -2.17. The van der Waals surface area contributed by atoms with Crippen LogP contribution in [0.5, 0.6) is 5.75 Å². The van der Waals surface area contributed by atoms with Gasteiger partial charge >= 0.3 is 6.36 Å². The fraction of sp³-hybridized carbons (Fsp3) is 0.0833. The molecule has 0 fully saturated rings. The Labute approximate surface area is 207 Å². The highest BCUT2D eigenvalue weighted by Gasteiger charge is 2.31. The third-order valence-electron chi connectivity index (χ3n) is 5.02. The summed E-state index contributed by atoms with van der Waals surface area (Å²) in [5.74, 6) is -1.78. The van der Waals surface area contributed by atoms with Crippen LogP contribution in [0, 0.1) is 12.5 Å². The maximum atomic E-state index is 12.8. The molecule has 0 aliphatic rings. The Morgan fingerprint density at radius 2 is 1.62 bits per heavy atom. The van der Waals surface area contributed by atoms with Gasteiger partial charge in [0.05, 0.1) is 11.4 Å². The molecule has 10 nitrogen and oxygen atoms in total. The van der Waals surface area contributed by atoms with Gasteiger partial charge in [0.25, 0.3) is 17.8 Å². The van der Waals surface area contributed by atoms with E-state index in [4.69, 9.17) is 5.53 Å². The van der Waals surface area contributed by atoms with Crippen LogP contribution < -0.4 is 15.4 Å². The highest BCUT2D eigenvalue weighted by atomic mass is 19.4. The number of carbonyl (C=O) groups is 2. The molecule has 0 spiro atoms. The number of hydrogen-bond donors (Lipinski definition) is 3. The van der Waals surface area contributed by atoms with E-state index in [-0.39, 0.29) is 23.1 Å². The average molecular weight is 509 g/mol. The zero-order valence-corrected chi connectivity index (χ0v) is 19.1. The van der Waals surface area contributed by atoms with E-state index < -0.39 is 23.9 Å². The summed E-state index contributed by atoms with van der Waals surface area (Å²) in [6, 6.07) is 17.4. The number of aryl methyl sites for hydroxylation is 1. The summed E-state index contributed by atoms with van der Waals surface area (Å²) in [5.41, 5.74) is 8.93. The highest BCUT2D eigenvalue weighted by Crippen LogP contribution is 2.25. The number of aromatic nitrogens is 3. The van der Waals surface area contributed by atoms with Crippen molar-refractivity contribution >= 4 is 29.4 Å². The standard InChI is InChI=1S/C24H18F3N7O3/c1-14-4-2-3-5-19(14)21(36)29-22-31-23(30-20(35)15-6-8-16(32-28)9-7-15)34(33-22)17-10-12-18(13-11-17)37-24(25,26)27/h2-13,28H,1H3,(H2,29,30,31,33,35,36). The second-order valence-electron chi connectivity index (χ2n) is 7.59. The Hall–Kier alpha value is -5.07. The molecule has 0 atom stereocenters. The minimum atomic E-state index is -4.86. The van der Waals surface area contributed by atoms with E-state index in [9.17, 15) is 22.8 Å². The molecule has 1 aromatic heterocycles. The van der Waals surface area contributed by atoms with E-state index in [0.29, 0.717) is 11.3 Å². The van der Waals surface area contributed by atoms with Gasteiger partial charge in [0.15, 0.2) is 0 Å². The SMILES string of the molecule is Cc1ccccc1C(=O)Nc1nc(NC(=O)c2ccc(N=N)cc2)n(-c2ccc(OC(F)(F)F)cc2)n1. The number of nitrogens with zero attached hydrogens (tertiary/aromatic N) is 4. The smallest absolute Gasteiger partial charge is 0.406 e. The summed E-state index contributed by atoms with van der Waals surface area (Å²) in [6.07, 6.45) is -4.86. The zero-order chi connectivity index (χ0) is 26.6. The van der Waals surface area contributed by atoms with Crippen molar-refractivity contribution in [3.05, 3.63) is 89.5 Å². The molecule has 0 saturated carbocycles. The molecule has 1 heterocycles. The number of anilines is 2. The van der Waals surface area contributed by atoms with Gasteiger partial charge < -0.3 is 4.74 Å². The monoisotopic (exact) mass is 509 g/mol. The first-order chi connectivity index (χ1) is 17.6. The van der Waals surface area contributed by atoms with Crippen LogP contribution in [0.15, 0.2) is 77.9 Å². The molecule has 0 bridgehead atoms. The lowest BCUT2D eigenvalue weighted by Gasteiger charge is -2.10. The van der Waals surface area contributed by atoms with Crippen molar-refractivity contribution in [2.75, 3.05) is 10.6 Å². The second-order valence-corrected chi connectivity index (χ2v) is 7.59. The number of carbonyl (C=O) groups excluding carboxylic acids is 2. The molecule has 188 valence electrons. The van der Waals surface area contributed by atoms with Crippen LogP contribution in [0.25, 0.3) is 5.69 Å². The summed E-state index contributed by atoms with van der Waals surface area (Å²) in [6.45, 7) is 1.76. The van der Waals surface area contributed by atoms with Gasteiger partial charge in [-0.05, 0) is 67.1 Å². The van der Waals surface area contributed by atoms with E-state index in [1.54, 1.807) is 31.2 Å². The van der Waals surface area contributed by atoms with Crippen molar-refractivity contribution in [3.8, 4) is 11.4 Å². The molecule has 13 heteroatoms. The normalized spacial score (nSPS) is 11.0. The zero-order valence-electron chi connectivity index (χ0n) is 19.1. The summed E-state index contributed by atoms with van der Waals surface area (Å²) in [4.78, 5) is 29.7. The number of hydrogen-bond acceptors (Lipinski definition) is 7. The van der Waals surface area contributed by atoms with E-state index in [0.717, 1.165) is 22.4 Å². The molecular weight excluding hydrogens is 491 g/mol. The minimum Gasteiger partial charge on any atom is -0.406 e. The number of benzene rings is 3. The molecule has 0 aliphatic carbocycles. The molecule has 3 aromatic carbocycles. The molecule has 4 rings (SSSR count). The molecule has 0 aliphatic heterocycles. The van der Waals surface area contributed by atoms with Crippen molar-refractivity contribution in [1.29, 1.82) is 5.53 Å². The third kappa shape index (κ3) is 6.14. The van der Waals surface area contributed by atoms with Crippen LogP contribution in [-0.4, -0.2) is 32.9 Å². The van der Waals surface area contributed by atoms with Crippen LogP contribution in [0.2, 0.25) is 0 Å². The van der Waals surface area contributed by atoms with Crippen LogP contribution in [-0.2, 0) is 0 Å². The number of alkyl halides is 3. The lowest BCUT2D eigenvalue weighted by atomic mass is 10.1. The third-order valence-corrected chi connectivity index (χ3v) is 5.02. The maximum absolute atomic E-state index is 12.8. The van der Waals surface area contributed by atoms with E-state index in [1.807, 2.05) is 0 Å². The van der Waals surface area contributed by atoms with Crippen molar-refractivity contribution in [2.45, 2.75) is 13.3 Å². The number of amides is 2. The molecular formula is C24H18F3N7O3. The summed E-state index contributed by atoms with van der Waals surface area (Å²) in [7, 11) is 0. The van der Waals surface area contributed by atoms with Gasteiger partial charge in [0.2, 0.25) is 5.95 Å². The fourth-order valence-electron chi connectivity index (χ4n) is 3.27. The Bertz CT molecular complexity index is 1450. The summed E-state index contributed by atoms with van der Waals surface area (Å²) >= 11 is 0. The molecule has 0 radical (unpaired) electrons. The van der Waals surface area contributed by atoms with E-state index >= 15 is 0 Å². The lowest BCUT2D eigenvalue weighted by molar-refractivity contribution is -0.274. The van der Waals surface area contributed by atoms with Crippen molar-refractivity contribution in [1.82, 2.24) is 14.8 Å². The molecule has 4 aromatic rings. The molecule has 37 heavy (non-hydrogen) atoms. The Balaban J connectivity index is 1.65. The first-order valence-electron chi connectivity index (χ1n) is 10.6. The average Bonchev–Trinajstić information content (AvgIpc) is 3.25. The summed E-state index contributed by atoms with van der Waals surface area (Å²) < 4.78 is 42.6. The quantitative estimate of drug-likeness (QED) is 0.277. The topological polar surface area (TPSA) is 134 Å². The first-order valence-corrected chi connectivity index (χ1v) is 10.6. The molecule has 0 saturated heterocycles. The second kappa shape index (κ2) is 10.3. The van der Waals surface area contributed by atoms with Crippen LogP contribution in [0.4, 0.5) is 30.8 Å². The van der Waals surface area contributed by atoms with Crippen molar-refractivity contribution in [2.24, 2.45) is 5.11 Å². The molecule has 3 N–H and O–H groups in total. The van der Waals surface area contributed by atoms with Gasteiger partial charge in [-0.3, -0.25) is 20.2 Å². The molecule has 2 amide bonds. The molecule has 0 unspecified atom stereocenters. The Morgan fingerprint density at radius 3 is 2.24 bits per heavy atom. The highest BCUT2D eigenvalue weighted by molar-refractivity contribution is 6.05. The number of rotatable bonds is 7. The first kappa shape index (κ1) is 25.0. The van der Waals surface area contributed by atoms with Crippen LogP contribution in [0.3, 0.4) is 0 Å². The predicted molar refractivity (Wildman–Crippen MR) is 126 cm³/mol. The van der Waals surface area contributed by atoms with Crippen LogP contribution >= 0.6 is 0 Å². The van der Waals surface area contributed by atoms with Crippen molar-refractivity contribution < 1.29 is 27.5 Å². The van der Waals surface area contributed by atoms with Gasteiger partial charge in [-0.15, -0.1) is 18.3 Å². The van der Waals surface area contributed by atoms with Crippen molar-refractivity contribution in [3.63, 3.8) is 0 Å². The van der Waals surface area contributed by atoms with Gasteiger partial charge in [0.1, 0.15) is 5.75 Å². The van der Waals surface area contributed by atoms with Gasteiger partial charge in [-0.1, -0.05) is 18.2 Å². The van der Waals surface area contributed by atoms with Gasteiger partial charge in [0, 0.05) is 11.1 Å². The number of halogens is 3.